The predicted molar refractivity (Wildman–Crippen MR) is 82.6 cm³/mol. The minimum absolute atomic E-state index is 0.0626. The average Bonchev–Trinajstić information content (AvgIpc) is 2.84. The Morgan fingerprint density at radius 2 is 2.15 bits per heavy atom. The van der Waals surface area contributed by atoms with Crippen molar-refractivity contribution in [3.05, 3.63) is 28.9 Å². The van der Waals surface area contributed by atoms with Crippen LogP contribution in [0.2, 0.25) is 5.02 Å². The monoisotopic (exact) mass is 293 g/mol. The number of aromatic nitrogens is 1. The van der Waals surface area contributed by atoms with Gasteiger partial charge in [-0.1, -0.05) is 11.6 Å². The molecule has 0 fully saturated rings. The molecule has 0 aliphatic carbocycles. The van der Waals surface area contributed by atoms with E-state index in [1.807, 2.05) is 25.1 Å². The number of nitrogens with two attached hydrogens (primary N) is 1. The Morgan fingerprint density at radius 1 is 1.45 bits per heavy atom. The van der Waals surface area contributed by atoms with Crippen LogP contribution in [0, 0.1) is 0 Å². The van der Waals surface area contributed by atoms with E-state index in [1.54, 1.807) is 12.1 Å². The molecule has 1 heterocycles. The van der Waals surface area contributed by atoms with Crippen molar-refractivity contribution in [2.75, 3.05) is 26.0 Å². The number of carbonyl (C=O) groups is 1. The maximum absolute atomic E-state index is 12.0. The van der Waals surface area contributed by atoms with Crippen LogP contribution in [-0.4, -0.2) is 38.0 Å². The molecule has 0 saturated carbocycles. The van der Waals surface area contributed by atoms with Gasteiger partial charge in [0.1, 0.15) is 5.69 Å². The lowest BCUT2D eigenvalue weighted by molar-refractivity contribution is 0.0972. The highest BCUT2D eigenvalue weighted by Gasteiger charge is 2.15. The molecule has 2 rings (SSSR count). The SMILES string of the molecule is CN=C(N)NC(=O)c1cc2c(Cl)ccc(N(C)C)c2[nH]1. The van der Waals surface area contributed by atoms with Gasteiger partial charge in [0, 0.05) is 26.5 Å². The van der Waals surface area contributed by atoms with Gasteiger partial charge in [0.05, 0.1) is 16.2 Å². The van der Waals surface area contributed by atoms with Gasteiger partial charge in [-0.25, -0.2) is 0 Å². The number of amides is 1. The Morgan fingerprint density at radius 3 is 2.75 bits per heavy atom. The summed E-state index contributed by atoms with van der Waals surface area (Å²) in [5.41, 5.74) is 7.61. The van der Waals surface area contributed by atoms with Gasteiger partial charge in [-0.05, 0) is 18.2 Å². The van der Waals surface area contributed by atoms with Crippen molar-refractivity contribution in [1.29, 1.82) is 0 Å². The number of anilines is 1. The van der Waals surface area contributed by atoms with Gasteiger partial charge in [0.25, 0.3) is 5.91 Å². The first-order valence-electron chi connectivity index (χ1n) is 5.96. The Labute approximate surface area is 121 Å². The molecule has 2 aromatic rings. The fraction of sp³-hybridized carbons (Fsp3) is 0.231. The van der Waals surface area contributed by atoms with E-state index in [9.17, 15) is 4.79 Å². The number of aromatic amines is 1. The van der Waals surface area contributed by atoms with E-state index in [2.05, 4.69) is 15.3 Å². The molecule has 106 valence electrons. The number of halogens is 1. The maximum atomic E-state index is 12.0. The molecule has 0 saturated heterocycles. The first-order chi connectivity index (χ1) is 9.43. The minimum Gasteiger partial charge on any atom is -0.376 e. The number of carbonyl (C=O) groups excluding carboxylic acids is 1. The van der Waals surface area contributed by atoms with Gasteiger partial charge >= 0.3 is 0 Å². The fourth-order valence-electron chi connectivity index (χ4n) is 1.90. The third kappa shape index (κ3) is 2.55. The number of hydrogen-bond donors (Lipinski definition) is 3. The highest BCUT2D eigenvalue weighted by Crippen LogP contribution is 2.31. The van der Waals surface area contributed by atoms with E-state index in [4.69, 9.17) is 17.3 Å². The molecule has 7 heteroatoms. The van der Waals surface area contributed by atoms with Crippen molar-refractivity contribution in [2.24, 2.45) is 10.7 Å². The van der Waals surface area contributed by atoms with Gasteiger partial charge in [0.2, 0.25) is 0 Å². The first kappa shape index (κ1) is 14.2. The smallest absolute Gasteiger partial charge is 0.274 e. The number of H-pyrrole nitrogens is 1. The van der Waals surface area contributed by atoms with E-state index >= 15 is 0 Å². The maximum Gasteiger partial charge on any atom is 0.274 e. The van der Waals surface area contributed by atoms with E-state index in [-0.39, 0.29) is 11.9 Å². The molecule has 0 spiro atoms. The molecular weight excluding hydrogens is 278 g/mol. The summed E-state index contributed by atoms with van der Waals surface area (Å²) in [6.07, 6.45) is 0. The van der Waals surface area contributed by atoms with Gasteiger partial charge < -0.3 is 15.6 Å². The molecular formula is C13H16ClN5O. The van der Waals surface area contributed by atoms with Crippen LogP contribution >= 0.6 is 11.6 Å². The summed E-state index contributed by atoms with van der Waals surface area (Å²) in [5.74, 6) is -0.294. The van der Waals surface area contributed by atoms with Crippen LogP contribution in [0.5, 0.6) is 0 Å². The Hall–Kier alpha value is -2.21. The molecule has 1 aromatic heterocycles. The van der Waals surface area contributed by atoms with Gasteiger partial charge in [0.15, 0.2) is 5.96 Å². The lowest BCUT2D eigenvalue weighted by atomic mass is 10.2. The zero-order chi connectivity index (χ0) is 14.9. The number of guanidine groups is 1. The topological polar surface area (TPSA) is 86.5 Å². The van der Waals surface area contributed by atoms with Crippen LogP contribution in [0.3, 0.4) is 0 Å². The highest BCUT2D eigenvalue weighted by molar-refractivity contribution is 6.36. The molecule has 6 nitrogen and oxygen atoms in total. The number of nitrogens with zero attached hydrogens (tertiary/aromatic N) is 2. The van der Waals surface area contributed by atoms with Crippen molar-refractivity contribution in [1.82, 2.24) is 10.3 Å². The van der Waals surface area contributed by atoms with Crippen LogP contribution in [0.15, 0.2) is 23.2 Å². The van der Waals surface area contributed by atoms with E-state index in [0.29, 0.717) is 10.7 Å². The largest absolute Gasteiger partial charge is 0.376 e. The third-order valence-electron chi connectivity index (χ3n) is 2.93. The molecule has 1 amide bonds. The van der Waals surface area contributed by atoms with Gasteiger partial charge in [-0.3, -0.25) is 15.1 Å². The van der Waals surface area contributed by atoms with Crippen LogP contribution in [0.4, 0.5) is 5.69 Å². The van der Waals surface area contributed by atoms with Crippen molar-refractivity contribution in [2.45, 2.75) is 0 Å². The lowest BCUT2D eigenvalue weighted by Crippen LogP contribution is -2.36. The second-order valence-electron chi connectivity index (χ2n) is 4.50. The number of hydrogen-bond acceptors (Lipinski definition) is 3. The summed E-state index contributed by atoms with van der Waals surface area (Å²) >= 11 is 6.17. The third-order valence-corrected chi connectivity index (χ3v) is 3.26. The molecule has 0 aliphatic heterocycles. The quantitative estimate of drug-likeness (QED) is 0.580. The highest BCUT2D eigenvalue weighted by atomic mass is 35.5. The molecule has 0 atom stereocenters. The van der Waals surface area contributed by atoms with E-state index < -0.39 is 0 Å². The van der Waals surface area contributed by atoms with Gasteiger partial charge in [-0.2, -0.15) is 0 Å². The normalized spacial score (nSPS) is 11.7. The van der Waals surface area contributed by atoms with Crippen molar-refractivity contribution in [3.63, 3.8) is 0 Å². The summed E-state index contributed by atoms with van der Waals surface area (Å²) in [6.45, 7) is 0. The van der Waals surface area contributed by atoms with Crippen LogP contribution in [0.25, 0.3) is 10.9 Å². The lowest BCUT2D eigenvalue weighted by Gasteiger charge is -2.13. The summed E-state index contributed by atoms with van der Waals surface area (Å²) < 4.78 is 0. The number of fused-ring (bicyclic) bond motifs is 1. The van der Waals surface area contributed by atoms with Crippen molar-refractivity contribution < 1.29 is 4.79 Å². The zero-order valence-corrected chi connectivity index (χ0v) is 12.2. The van der Waals surface area contributed by atoms with Crippen LogP contribution in [-0.2, 0) is 0 Å². The number of aliphatic imine (C=N–C) groups is 1. The van der Waals surface area contributed by atoms with Crippen molar-refractivity contribution in [3.8, 4) is 0 Å². The number of nitrogens with one attached hydrogen (secondary N) is 2. The van der Waals surface area contributed by atoms with Crippen LogP contribution < -0.4 is 16.0 Å². The Kier molecular flexibility index (Phi) is 3.85. The zero-order valence-electron chi connectivity index (χ0n) is 11.5. The molecule has 0 aliphatic rings. The predicted octanol–water partition coefficient (Wildman–Crippen LogP) is 1.56. The molecule has 0 bridgehead atoms. The second-order valence-corrected chi connectivity index (χ2v) is 4.90. The number of rotatable bonds is 2. The molecule has 0 unspecified atom stereocenters. The molecule has 1 aromatic carbocycles. The Bertz CT molecular complexity index is 689. The summed E-state index contributed by atoms with van der Waals surface area (Å²) in [7, 11) is 5.35. The molecule has 4 N–H and O–H groups in total. The molecule has 0 radical (unpaired) electrons. The van der Waals surface area contributed by atoms with E-state index in [0.717, 1.165) is 16.6 Å². The second kappa shape index (κ2) is 5.42. The number of benzene rings is 1. The summed E-state index contributed by atoms with van der Waals surface area (Å²) in [6, 6.07) is 5.39. The molecule has 20 heavy (non-hydrogen) atoms. The summed E-state index contributed by atoms with van der Waals surface area (Å²) in [5, 5.41) is 3.84. The minimum atomic E-state index is -0.356. The Balaban J connectivity index is 2.50. The average molecular weight is 294 g/mol. The first-order valence-corrected chi connectivity index (χ1v) is 6.34. The standard InChI is InChI=1S/C13H16ClN5O/c1-16-13(15)18-12(20)9-6-7-8(14)4-5-10(19(2)3)11(7)17-9/h4-6,17H,1-3H3,(H3,15,16,18,20). The van der Waals surface area contributed by atoms with Crippen LogP contribution in [0.1, 0.15) is 10.5 Å². The van der Waals surface area contributed by atoms with Gasteiger partial charge in [-0.15, -0.1) is 0 Å². The van der Waals surface area contributed by atoms with E-state index in [1.165, 1.54) is 7.05 Å². The van der Waals surface area contributed by atoms with Crippen molar-refractivity contribution >= 4 is 40.1 Å². The summed E-state index contributed by atoms with van der Waals surface area (Å²) in [4.78, 5) is 20.7. The fourth-order valence-corrected chi connectivity index (χ4v) is 2.12.